The van der Waals surface area contributed by atoms with E-state index in [0.29, 0.717) is 19.4 Å². The summed E-state index contributed by atoms with van der Waals surface area (Å²) < 4.78 is 10.8. The zero-order chi connectivity index (χ0) is 30.6. The Bertz CT molecular complexity index is 773. The number of aliphatic hydroxyl groups excluding tert-OH is 2. The fourth-order valence-corrected chi connectivity index (χ4v) is 5.06. The number of esters is 1. The lowest BCUT2D eigenvalue weighted by atomic mass is 10.00. The van der Waals surface area contributed by atoms with Crippen LogP contribution in [0, 0.1) is 5.92 Å². The van der Waals surface area contributed by atoms with Gasteiger partial charge in [-0.1, -0.05) is 91.1 Å². The summed E-state index contributed by atoms with van der Waals surface area (Å²) in [4.78, 5) is 39.8. The molecule has 9 nitrogen and oxygen atoms in total. The van der Waals surface area contributed by atoms with Gasteiger partial charge in [-0.25, -0.2) is 0 Å². The van der Waals surface area contributed by atoms with E-state index in [1.54, 1.807) is 24.1 Å². The van der Waals surface area contributed by atoms with Crippen molar-refractivity contribution in [3.05, 3.63) is 12.2 Å². The number of aliphatic hydroxyl groups is 2. The summed E-state index contributed by atoms with van der Waals surface area (Å²) in [5.74, 6) is -1.25. The number of ether oxygens (including phenoxy) is 2. The third-order valence-corrected chi connectivity index (χ3v) is 7.67. The molecule has 1 rings (SSSR count). The maximum atomic E-state index is 13.0. The normalized spacial score (nSPS) is 19.2. The van der Waals surface area contributed by atoms with Crippen molar-refractivity contribution in [3.63, 3.8) is 0 Å². The minimum atomic E-state index is -1.69. The van der Waals surface area contributed by atoms with Gasteiger partial charge in [0.05, 0.1) is 0 Å². The highest BCUT2D eigenvalue weighted by molar-refractivity contribution is 5.89. The molecule has 0 spiro atoms. The number of likely N-dealkylation sites (N-methyl/N-ethyl adjacent to an activating group) is 1. The van der Waals surface area contributed by atoms with Crippen molar-refractivity contribution in [1.29, 1.82) is 0 Å². The number of likely N-dealkylation sites (tertiary alicyclic amines) is 1. The second-order valence-electron chi connectivity index (χ2n) is 11.8. The van der Waals surface area contributed by atoms with E-state index >= 15 is 0 Å². The summed E-state index contributed by atoms with van der Waals surface area (Å²) >= 11 is 0. The lowest BCUT2D eigenvalue weighted by Gasteiger charge is -2.30. The number of hydrogen-bond donors (Lipinski definition) is 3. The summed E-state index contributed by atoms with van der Waals surface area (Å²) in [6, 6.07) is -0.725. The van der Waals surface area contributed by atoms with Crippen LogP contribution in [0.1, 0.15) is 117 Å². The Hall–Kier alpha value is -1.97. The van der Waals surface area contributed by atoms with Gasteiger partial charge in [-0.3, -0.25) is 14.4 Å². The van der Waals surface area contributed by atoms with Crippen molar-refractivity contribution >= 4 is 17.8 Å². The van der Waals surface area contributed by atoms with Gasteiger partial charge < -0.3 is 29.9 Å². The van der Waals surface area contributed by atoms with Gasteiger partial charge in [-0.05, 0) is 37.7 Å². The lowest BCUT2D eigenvalue weighted by molar-refractivity contribution is -0.164. The number of nitrogens with one attached hydrogen (secondary N) is 1. The molecule has 1 heterocycles. The Morgan fingerprint density at radius 3 is 2.10 bits per heavy atom. The Labute approximate surface area is 248 Å². The minimum Gasteiger partial charge on any atom is -0.455 e. The Kier molecular flexibility index (Phi) is 19.6. The average Bonchev–Trinajstić information content (AvgIpc) is 3.09. The maximum absolute atomic E-state index is 13.0. The summed E-state index contributed by atoms with van der Waals surface area (Å²) in [6.07, 6.45) is 12.7. The SMILES string of the molecule is CCCCCCCCCCCCCC(=O)O[C@H](/C=C/C(C)C)[C@@H](O)[C@@H](O)[C@@H](OC)C(=O)N[C@H]1CCCCN(C)C1=O. The van der Waals surface area contributed by atoms with Crippen molar-refractivity contribution in [1.82, 2.24) is 10.2 Å². The van der Waals surface area contributed by atoms with Crippen LogP contribution in [-0.4, -0.2) is 84.1 Å². The number of hydrogen-bond acceptors (Lipinski definition) is 7. The number of rotatable bonds is 21. The highest BCUT2D eigenvalue weighted by Crippen LogP contribution is 2.17. The third-order valence-electron chi connectivity index (χ3n) is 7.67. The maximum Gasteiger partial charge on any atom is 0.306 e. The van der Waals surface area contributed by atoms with Crippen LogP contribution in [0.4, 0.5) is 0 Å². The average molecular weight is 583 g/mol. The van der Waals surface area contributed by atoms with Crippen LogP contribution in [0.2, 0.25) is 0 Å². The Morgan fingerprint density at radius 1 is 0.951 bits per heavy atom. The van der Waals surface area contributed by atoms with E-state index in [4.69, 9.17) is 9.47 Å². The van der Waals surface area contributed by atoms with Gasteiger partial charge in [-0.2, -0.15) is 0 Å². The topological polar surface area (TPSA) is 125 Å². The molecule has 0 unspecified atom stereocenters. The first-order chi connectivity index (χ1) is 19.6. The van der Waals surface area contributed by atoms with Crippen LogP contribution in [0.15, 0.2) is 12.2 Å². The molecule has 3 N–H and O–H groups in total. The van der Waals surface area contributed by atoms with Crippen molar-refractivity contribution in [2.24, 2.45) is 5.92 Å². The minimum absolute atomic E-state index is 0.118. The first-order valence-electron chi connectivity index (χ1n) is 15.9. The first kappa shape index (κ1) is 37.1. The number of carbonyl (C=O) groups is 3. The van der Waals surface area contributed by atoms with Crippen LogP contribution < -0.4 is 5.32 Å². The molecule has 0 aromatic carbocycles. The fraction of sp³-hybridized carbons (Fsp3) is 0.844. The van der Waals surface area contributed by atoms with Crippen LogP contribution >= 0.6 is 0 Å². The third kappa shape index (κ3) is 15.2. The largest absolute Gasteiger partial charge is 0.455 e. The van der Waals surface area contributed by atoms with Gasteiger partial charge in [0, 0.05) is 27.1 Å². The van der Waals surface area contributed by atoms with Gasteiger partial charge >= 0.3 is 5.97 Å². The van der Waals surface area contributed by atoms with Crippen molar-refractivity contribution < 1.29 is 34.1 Å². The van der Waals surface area contributed by atoms with Crippen molar-refractivity contribution in [2.75, 3.05) is 20.7 Å². The Morgan fingerprint density at radius 2 is 1.54 bits per heavy atom. The number of amides is 2. The van der Waals surface area contributed by atoms with Gasteiger partial charge in [-0.15, -0.1) is 0 Å². The van der Waals surface area contributed by atoms with E-state index in [1.165, 1.54) is 52.1 Å². The predicted octanol–water partition coefficient (Wildman–Crippen LogP) is 4.68. The number of methoxy groups -OCH3 is 1. The quantitative estimate of drug-likeness (QED) is 0.102. The molecule has 0 radical (unpaired) electrons. The number of unbranched alkanes of at least 4 members (excludes halogenated alkanes) is 10. The molecule has 9 heteroatoms. The molecule has 1 aliphatic heterocycles. The summed E-state index contributed by atoms with van der Waals surface area (Å²) in [5, 5.41) is 24.6. The van der Waals surface area contributed by atoms with Crippen LogP contribution in [0.25, 0.3) is 0 Å². The van der Waals surface area contributed by atoms with Crippen molar-refractivity contribution in [2.45, 2.75) is 148 Å². The predicted molar refractivity (Wildman–Crippen MR) is 161 cm³/mol. The molecule has 2 amide bonds. The molecule has 0 saturated carbocycles. The first-order valence-corrected chi connectivity index (χ1v) is 15.9. The number of nitrogens with zero attached hydrogens (tertiary/aromatic N) is 1. The number of carbonyl (C=O) groups excluding carboxylic acids is 3. The molecule has 0 bridgehead atoms. The zero-order valence-electron chi connectivity index (χ0n) is 26.3. The summed E-state index contributed by atoms with van der Waals surface area (Å²) in [7, 11) is 2.94. The zero-order valence-corrected chi connectivity index (χ0v) is 26.3. The fourth-order valence-electron chi connectivity index (χ4n) is 5.06. The molecule has 41 heavy (non-hydrogen) atoms. The molecule has 238 valence electrons. The van der Waals surface area contributed by atoms with Crippen LogP contribution in [0.5, 0.6) is 0 Å². The molecule has 5 atom stereocenters. The van der Waals surface area contributed by atoms with Crippen LogP contribution in [0.3, 0.4) is 0 Å². The van der Waals surface area contributed by atoms with E-state index < -0.39 is 42.3 Å². The van der Waals surface area contributed by atoms with Gasteiger partial charge in [0.2, 0.25) is 5.91 Å². The second-order valence-corrected chi connectivity index (χ2v) is 11.8. The highest BCUT2D eigenvalue weighted by atomic mass is 16.6. The van der Waals surface area contributed by atoms with E-state index in [-0.39, 0.29) is 18.2 Å². The molecular formula is C32H58N2O7. The van der Waals surface area contributed by atoms with E-state index in [0.717, 1.165) is 32.1 Å². The molecule has 0 aliphatic carbocycles. The van der Waals surface area contributed by atoms with Gasteiger partial charge in [0.15, 0.2) is 6.10 Å². The summed E-state index contributed by atoms with van der Waals surface area (Å²) in [6.45, 7) is 6.73. The van der Waals surface area contributed by atoms with E-state index in [1.807, 2.05) is 13.8 Å². The van der Waals surface area contributed by atoms with Gasteiger partial charge in [0.1, 0.15) is 24.4 Å². The molecule has 1 fully saturated rings. The van der Waals surface area contributed by atoms with Gasteiger partial charge in [0.25, 0.3) is 5.91 Å². The lowest BCUT2D eigenvalue weighted by Crippen LogP contribution is -2.55. The molecule has 0 aromatic rings. The van der Waals surface area contributed by atoms with Crippen LogP contribution in [-0.2, 0) is 23.9 Å². The number of allylic oxidation sites excluding steroid dienone is 1. The summed E-state index contributed by atoms with van der Waals surface area (Å²) in [5.41, 5.74) is 0. The highest BCUT2D eigenvalue weighted by Gasteiger charge is 2.39. The molecule has 1 aliphatic rings. The van der Waals surface area contributed by atoms with E-state index in [9.17, 15) is 24.6 Å². The smallest absolute Gasteiger partial charge is 0.306 e. The van der Waals surface area contributed by atoms with E-state index in [2.05, 4.69) is 12.2 Å². The second kappa shape index (κ2) is 21.7. The molecule has 0 aromatic heterocycles. The molecule has 1 saturated heterocycles. The molecular weight excluding hydrogens is 524 g/mol. The van der Waals surface area contributed by atoms with Crippen molar-refractivity contribution in [3.8, 4) is 0 Å². The standard InChI is InChI=1S/C32H58N2O7/c1-6-7-8-9-10-11-12-13-14-15-16-20-27(35)41-26(22-21-24(2)3)28(36)29(37)30(40-5)31(38)33-25-19-17-18-23-34(4)32(25)39/h21-22,24-26,28-30,36-37H,6-20,23H2,1-5H3,(H,33,38)/b22-21+/t25-,26+,28+,29+,30+/m0/s1. The Balaban J connectivity index is 2.61. The monoisotopic (exact) mass is 582 g/mol.